The van der Waals surface area contributed by atoms with Gasteiger partial charge in [-0.25, -0.2) is 4.98 Å². The maximum atomic E-state index is 12.3. The predicted octanol–water partition coefficient (Wildman–Crippen LogP) is 1.41. The van der Waals surface area contributed by atoms with Gasteiger partial charge in [0.25, 0.3) is 5.91 Å². The minimum atomic E-state index is -0.910. The molecule has 1 unspecified atom stereocenters. The van der Waals surface area contributed by atoms with Crippen LogP contribution in [0.4, 0.5) is 0 Å². The third-order valence-corrected chi connectivity index (χ3v) is 4.10. The van der Waals surface area contributed by atoms with Gasteiger partial charge in [0.1, 0.15) is 4.88 Å². The van der Waals surface area contributed by atoms with E-state index in [1.54, 1.807) is 11.1 Å². The molecule has 7 heteroatoms. The van der Waals surface area contributed by atoms with Gasteiger partial charge in [0.15, 0.2) is 0 Å². The Balaban J connectivity index is 1.98. The number of nitrogens with zero attached hydrogens (tertiary/aromatic N) is 2. The van der Waals surface area contributed by atoms with E-state index in [0.717, 1.165) is 17.8 Å². The molecule has 6 nitrogen and oxygen atoms in total. The molecule has 1 atom stereocenters. The summed E-state index contributed by atoms with van der Waals surface area (Å²) in [6.45, 7) is 3.27. The number of morpholine rings is 1. The van der Waals surface area contributed by atoms with Crippen LogP contribution in [0.5, 0.6) is 0 Å². The van der Waals surface area contributed by atoms with E-state index in [2.05, 4.69) is 11.9 Å². The van der Waals surface area contributed by atoms with Gasteiger partial charge in [-0.05, 0) is 12.8 Å². The summed E-state index contributed by atoms with van der Waals surface area (Å²) in [5.74, 6) is -0.990. The van der Waals surface area contributed by atoms with Gasteiger partial charge >= 0.3 is 5.97 Å². The fourth-order valence-electron chi connectivity index (χ4n) is 2.12. The number of carbonyl (C=O) groups is 2. The quantitative estimate of drug-likeness (QED) is 0.889. The molecule has 1 N–H and O–H groups in total. The number of aromatic nitrogens is 1. The second-order valence-electron chi connectivity index (χ2n) is 4.71. The molecule has 0 aliphatic carbocycles. The molecule has 1 aromatic rings. The van der Waals surface area contributed by atoms with Gasteiger partial charge < -0.3 is 14.7 Å². The maximum Gasteiger partial charge on any atom is 0.306 e. The molecule has 1 aliphatic heterocycles. The van der Waals surface area contributed by atoms with Gasteiger partial charge in [-0.2, -0.15) is 0 Å². The number of amides is 1. The molecule has 2 rings (SSSR count). The molecular weight excluding hydrogens is 280 g/mol. The average molecular weight is 298 g/mol. The van der Waals surface area contributed by atoms with Crippen molar-refractivity contribution in [2.24, 2.45) is 0 Å². The van der Waals surface area contributed by atoms with Crippen molar-refractivity contribution in [3.63, 3.8) is 0 Å². The Morgan fingerprint density at radius 3 is 3.10 bits per heavy atom. The standard InChI is InChI=1S/C13H18N2O4S/c1-2-3-11-14-7-10(20-11)13(18)15-4-5-19-9(8-15)6-12(16)17/h7,9H,2-6,8H2,1H3,(H,16,17). The molecule has 110 valence electrons. The van der Waals surface area contributed by atoms with Gasteiger partial charge in [-0.1, -0.05) is 6.92 Å². The Hall–Kier alpha value is -1.47. The first-order valence-corrected chi connectivity index (χ1v) is 7.49. The maximum absolute atomic E-state index is 12.3. The predicted molar refractivity (Wildman–Crippen MR) is 74.0 cm³/mol. The van der Waals surface area contributed by atoms with Crippen molar-refractivity contribution in [1.82, 2.24) is 9.88 Å². The third kappa shape index (κ3) is 3.77. The van der Waals surface area contributed by atoms with E-state index in [9.17, 15) is 9.59 Å². The number of aliphatic carboxylic acids is 1. The smallest absolute Gasteiger partial charge is 0.306 e. The van der Waals surface area contributed by atoms with Crippen LogP contribution in [0.15, 0.2) is 6.20 Å². The molecule has 2 heterocycles. The fourth-order valence-corrected chi connectivity index (χ4v) is 3.10. The van der Waals surface area contributed by atoms with Crippen molar-refractivity contribution in [2.45, 2.75) is 32.3 Å². The Kier molecular flexibility index (Phi) is 5.08. The molecule has 1 aliphatic rings. The summed E-state index contributed by atoms with van der Waals surface area (Å²) < 4.78 is 5.36. The van der Waals surface area contributed by atoms with E-state index in [4.69, 9.17) is 9.84 Å². The molecule has 0 aromatic carbocycles. The van der Waals surface area contributed by atoms with E-state index < -0.39 is 12.1 Å². The van der Waals surface area contributed by atoms with E-state index in [0.29, 0.717) is 24.6 Å². The Morgan fingerprint density at radius 1 is 1.60 bits per heavy atom. The summed E-state index contributed by atoms with van der Waals surface area (Å²) in [5.41, 5.74) is 0. The monoisotopic (exact) mass is 298 g/mol. The second kappa shape index (κ2) is 6.81. The highest BCUT2D eigenvalue weighted by atomic mass is 32.1. The van der Waals surface area contributed by atoms with Crippen molar-refractivity contribution < 1.29 is 19.4 Å². The van der Waals surface area contributed by atoms with E-state index >= 15 is 0 Å². The highest BCUT2D eigenvalue weighted by Gasteiger charge is 2.27. The van der Waals surface area contributed by atoms with Crippen molar-refractivity contribution in [2.75, 3.05) is 19.7 Å². The zero-order chi connectivity index (χ0) is 14.5. The average Bonchev–Trinajstić information content (AvgIpc) is 2.86. The first kappa shape index (κ1) is 14.9. The lowest BCUT2D eigenvalue weighted by molar-refractivity contribution is -0.141. The Morgan fingerprint density at radius 2 is 2.40 bits per heavy atom. The molecule has 20 heavy (non-hydrogen) atoms. The zero-order valence-electron chi connectivity index (χ0n) is 11.4. The molecule has 1 saturated heterocycles. The number of ether oxygens (including phenoxy) is 1. The van der Waals surface area contributed by atoms with Crippen LogP contribution in [0.3, 0.4) is 0 Å². The zero-order valence-corrected chi connectivity index (χ0v) is 12.2. The first-order valence-electron chi connectivity index (χ1n) is 6.67. The molecule has 1 aromatic heterocycles. The third-order valence-electron chi connectivity index (χ3n) is 3.06. The van der Waals surface area contributed by atoms with Gasteiger partial charge in [0, 0.05) is 13.1 Å². The topological polar surface area (TPSA) is 79.7 Å². The number of hydrogen-bond acceptors (Lipinski definition) is 5. The summed E-state index contributed by atoms with van der Waals surface area (Å²) in [7, 11) is 0. The van der Waals surface area contributed by atoms with Crippen LogP contribution < -0.4 is 0 Å². The Labute approximate surface area is 121 Å². The lowest BCUT2D eigenvalue weighted by Gasteiger charge is -2.31. The van der Waals surface area contributed by atoms with Crippen LogP contribution >= 0.6 is 11.3 Å². The second-order valence-corrected chi connectivity index (χ2v) is 5.83. The van der Waals surface area contributed by atoms with E-state index in [1.165, 1.54) is 11.3 Å². The molecule has 0 saturated carbocycles. The van der Waals surface area contributed by atoms with Crippen molar-refractivity contribution >= 4 is 23.2 Å². The number of carboxylic acids is 1. The molecule has 0 radical (unpaired) electrons. The van der Waals surface area contributed by atoms with Crippen molar-refractivity contribution in [3.8, 4) is 0 Å². The summed E-state index contributed by atoms with van der Waals surface area (Å²) in [5, 5.41) is 9.74. The van der Waals surface area contributed by atoms with Gasteiger partial charge in [-0.3, -0.25) is 9.59 Å². The SMILES string of the molecule is CCCc1ncc(C(=O)N2CCOC(CC(=O)O)C2)s1. The number of aryl methyl sites for hydroxylation is 1. The van der Waals surface area contributed by atoms with Crippen LogP contribution in [0.2, 0.25) is 0 Å². The first-order chi connectivity index (χ1) is 9.60. The van der Waals surface area contributed by atoms with Crippen LogP contribution in [-0.4, -0.2) is 52.7 Å². The largest absolute Gasteiger partial charge is 0.481 e. The summed E-state index contributed by atoms with van der Waals surface area (Å²) in [6.07, 6.45) is 2.99. The lowest BCUT2D eigenvalue weighted by Crippen LogP contribution is -2.46. The summed E-state index contributed by atoms with van der Waals surface area (Å²) in [4.78, 5) is 29.5. The number of carbonyl (C=O) groups excluding carboxylic acids is 1. The number of carboxylic acid groups (broad SMARTS) is 1. The molecule has 1 fully saturated rings. The molecule has 0 bridgehead atoms. The van der Waals surface area contributed by atoms with Crippen LogP contribution in [0.25, 0.3) is 0 Å². The fraction of sp³-hybridized carbons (Fsp3) is 0.615. The molecule has 0 spiro atoms. The van der Waals surface area contributed by atoms with Crippen LogP contribution in [0.1, 0.15) is 34.4 Å². The number of hydrogen-bond donors (Lipinski definition) is 1. The minimum Gasteiger partial charge on any atom is -0.481 e. The van der Waals surface area contributed by atoms with Crippen molar-refractivity contribution in [1.29, 1.82) is 0 Å². The molecule has 1 amide bonds. The Bertz CT molecular complexity index is 488. The normalized spacial score (nSPS) is 19.1. The summed E-state index contributed by atoms with van der Waals surface area (Å²) >= 11 is 1.41. The van der Waals surface area contributed by atoms with Gasteiger partial charge in [0.2, 0.25) is 0 Å². The van der Waals surface area contributed by atoms with Crippen molar-refractivity contribution in [3.05, 3.63) is 16.1 Å². The van der Waals surface area contributed by atoms with Crippen LogP contribution in [0, 0.1) is 0 Å². The molecular formula is C13H18N2O4S. The van der Waals surface area contributed by atoms with E-state index in [1.807, 2.05) is 0 Å². The lowest BCUT2D eigenvalue weighted by atomic mass is 10.2. The highest BCUT2D eigenvalue weighted by Crippen LogP contribution is 2.19. The number of thiazole rings is 1. The highest BCUT2D eigenvalue weighted by molar-refractivity contribution is 7.13. The van der Waals surface area contributed by atoms with Gasteiger partial charge in [0.05, 0.1) is 30.3 Å². The summed E-state index contributed by atoms with van der Waals surface area (Å²) in [6, 6.07) is 0. The van der Waals surface area contributed by atoms with E-state index in [-0.39, 0.29) is 12.3 Å². The minimum absolute atomic E-state index is 0.0758. The van der Waals surface area contributed by atoms with Crippen LogP contribution in [-0.2, 0) is 16.0 Å². The van der Waals surface area contributed by atoms with Gasteiger partial charge in [-0.15, -0.1) is 11.3 Å². The number of rotatable bonds is 5.